The molecule has 0 atom stereocenters. The van der Waals surface area contributed by atoms with Gasteiger partial charge in [0.2, 0.25) is 0 Å². The Kier molecular flexibility index (Phi) is 2.90. The van der Waals surface area contributed by atoms with Gasteiger partial charge in [-0.1, -0.05) is 0 Å². The summed E-state index contributed by atoms with van der Waals surface area (Å²) in [4.78, 5) is 13.4. The van der Waals surface area contributed by atoms with Crippen LogP contribution in [0, 0.1) is 0 Å². The van der Waals surface area contributed by atoms with Gasteiger partial charge in [-0.3, -0.25) is 9.89 Å². The van der Waals surface area contributed by atoms with Gasteiger partial charge in [-0.05, 0) is 19.9 Å². The number of aromatic nitrogens is 2. The smallest absolute Gasteiger partial charge is 0.272 e. The number of nitrogens with two attached hydrogens (primary N) is 1. The first kappa shape index (κ1) is 10.7. The van der Waals surface area contributed by atoms with Crippen molar-refractivity contribution in [3.63, 3.8) is 0 Å². The number of aromatic amines is 1. The van der Waals surface area contributed by atoms with E-state index in [2.05, 4.69) is 10.2 Å². The van der Waals surface area contributed by atoms with Gasteiger partial charge in [0.15, 0.2) is 0 Å². The third-order valence-electron chi connectivity index (χ3n) is 2.44. The van der Waals surface area contributed by atoms with E-state index in [1.807, 2.05) is 13.8 Å². The van der Waals surface area contributed by atoms with Gasteiger partial charge in [0.05, 0.1) is 0 Å². The zero-order valence-corrected chi connectivity index (χ0v) is 8.74. The fourth-order valence-corrected chi connectivity index (χ4v) is 0.967. The third-order valence-corrected chi connectivity index (χ3v) is 2.44. The molecule has 1 rings (SSSR count). The average Bonchev–Trinajstić information content (AvgIpc) is 2.68. The minimum Gasteiger partial charge on any atom is -0.334 e. The Morgan fingerprint density at radius 2 is 2.36 bits per heavy atom. The van der Waals surface area contributed by atoms with Gasteiger partial charge >= 0.3 is 0 Å². The molecule has 1 amide bonds. The van der Waals surface area contributed by atoms with Crippen molar-refractivity contribution in [2.75, 3.05) is 13.6 Å². The standard InChI is InChI=1S/C9H16N4O/c1-9(2,6-10)13(3)8(14)7-4-5-11-12-7/h4-5H,6,10H2,1-3H3,(H,11,12). The Balaban J connectivity index is 2.81. The molecular formula is C9H16N4O. The number of rotatable bonds is 3. The average molecular weight is 196 g/mol. The predicted molar refractivity (Wildman–Crippen MR) is 53.8 cm³/mol. The Labute approximate surface area is 83.3 Å². The first-order valence-electron chi connectivity index (χ1n) is 4.46. The van der Waals surface area contributed by atoms with Gasteiger partial charge < -0.3 is 10.6 Å². The van der Waals surface area contributed by atoms with Crippen LogP contribution >= 0.6 is 0 Å². The SMILES string of the molecule is CN(C(=O)c1ccn[nH]1)C(C)(C)CN. The summed E-state index contributed by atoms with van der Waals surface area (Å²) >= 11 is 0. The van der Waals surface area contributed by atoms with Crippen LogP contribution in [0.1, 0.15) is 24.3 Å². The number of nitrogens with zero attached hydrogens (tertiary/aromatic N) is 2. The molecule has 0 aromatic carbocycles. The third kappa shape index (κ3) is 1.93. The number of hydrogen-bond donors (Lipinski definition) is 2. The summed E-state index contributed by atoms with van der Waals surface area (Å²) in [5.74, 6) is -0.0991. The van der Waals surface area contributed by atoms with Crippen molar-refractivity contribution in [2.45, 2.75) is 19.4 Å². The summed E-state index contributed by atoms with van der Waals surface area (Å²) in [6.45, 7) is 4.26. The zero-order chi connectivity index (χ0) is 10.8. The van der Waals surface area contributed by atoms with Gasteiger partial charge in [0, 0.05) is 25.3 Å². The highest BCUT2D eigenvalue weighted by Gasteiger charge is 2.27. The molecule has 3 N–H and O–H groups in total. The van der Waals surface area contributed by atoms with Crippen LogP contribution in [0.25, 0.3) is 0 Å². The summed E-state index contributed by atoms with van der Waals surface area (Å²) in [6, 6.07) is 1.64. The molecule has 0 saturated carbocycles. The summed E-state index contributed by atoms with van der Waals surface area (Å²) < 4.78 is 0. The molecule has 0 spiro atoms. The lowest BCUT2D eigenvalue weighted by molar-refractivity contribution is 0.0634. The van der Waals surface area contributed by atoms with Crippen LogP contribution < -0.4 is 5.73 Å². The van der Waals surface area contributed by atoms with E-state index in [0.717, 1.165) is 0 Å². The maximum atomic E-state index is 11.8. The molecule has 0 aliphatic carbocycles. The van der Waals surface area contributed by atoms with Crippen LogP contribution in [0.5, 0.6) is 0 Å². The second-order valence-corrected chi connectivity index (χ2v) is 3.85. The zero-order valence-electron chi connectivity index (χ0n) is 8.74. The summed E-state index contributed by atoms with van der Waals surface area (Å²) in [5, 5.41) is 6.36. The number of nitrogens with one attached hydrogen (secondary N) is 1. The first-order chi connectivity index (χ1) is 6.49. The Hall–Kier alpha value is -1.36. The number of H-pyrrole nitrogens is 1. The lowest BCUT2D eigenvalue weighted by atomic mass is 10.0. The van der Waals surface area contributed by atoms with Crippen molar-refractivity contribution in [2.24, 2.45) is 5.73 Å². The topological polar surface area (TPSA) is 75.0 Å². The van der Waals surface area contributed by atoms with E-state index < -0.39 is 0 Å². The lowest BCUT2D eigenvalue weighted by Gasteiger charge is -2.34. The fraction of sp³-hybridized carbons (Fsp3) is 0.556. The van der Waals surface area contributed by atoms with Gasteiger partial charge in [0.25, 0.3) is 5.91 Å². The highest BCUT2D eigenvalue weighted by Crippen LogP contribution is 2.12. The van der Waals surface area contributed by atoms with Crippen LogP contribution in [0.3, 0.4) is 0 Å². The Morgan fingerprint density at radius 3 is 2.79 bits per heavy atom. The van der Waals surface area contributed by atoms with Crippen LogP contribution in [0.2, 0.25) is 0 Å². The molecule has 78 valence electrons. The Bertz CT molecular complexity index is 305. The molecule has 0 unspecified atom stereocenters. The molecule has 5 nitrogen and oxygen atoms in total. The van der Waals surface area contributed by atoms with E-state index >= 15 is 0 Å². The molecule has 0 saturated heterocycles. The van der Waals surface area contributed by atoms with Crippen molar-refractivity contribution in [3.8, 4) is 0 Å². The quantitative estimate of drug-likeness (QED) is 0.726. The number of carbonyl (C=O) groups excluding carboxylic acids is 1. The molecule has 0 radical (unpaired) electrons. The number of amides is 1. The molecule has 1 aromatic rings. The fourth-order valence-electron chi connectivity index (χ4n) is 0.967. The van der Waals surface area contributed by atoms with Crippen LogP contribution in [0.4, 0.5) is 0 Å². The second kappa shape index (κ2) is 3.79. The van der Waals surface area contributed by atoms with Gasteiger partial charge in [-0.2, -0.15) is 5.10 Å². The van der Waals surface area contributed by atoms with Gasteiger partial charge in [-0.15, -0.1) is 0 Å². The van der Waals surface area contributed by atoms with Crippen molar-refractivity contribution < 1.29 is 4.79 Å². The van der Waals surface area contributed by atoms with Crippen LogP contribution in [-0.2, 0) is 0 Å². The molecule has 0 aliphatic heterocycles. The van der Waals surface area contributed by atoms with E-state index in [0.29, 0.717) is 12.2 Å². The van der Waals surface area contributed by atoms with E-state index in [-0.39, 0.29) is 11.4 Å². The summed E-state index contributed by atoms with van der Waals surface area (Å²) in [7, 11) is 1.73. The monoisotopic (exact) mass is 196 g/mol. The van der Waals surface area contributed by atoms with E-state index in [1.54, 1.807) is 24.2 Å². The second-order valence-electron chi connectivity index (χ2n) is 3.85. The van der Waals surface area contributed by atoms with Gasteiger partial charge in [0.1, 0.15) is 5.69 Å². The van der Waals surface area contributed by atoms with Crippen molar-refractivity contribution in [3.05, 3.63) is 18.0 Å². The lowest BCUT2D eigenvalue weighted by Crippen LogP contribution is -2.50. The van der Waals surface area contributed by atoms with Crippen LogP contribution in [-0.4, -0.2) is 40.1 Å². The van der Waals surface area contributed by atoms with Gasteiger partial charge in [-0.25, -0.2) is 0 Å². The van der Waals surface area contributed by atoms with E-state index in [9.17, 15) is 4.79 Å². The van der Waals surface area contributed by atoms with E-state index in [1.165, 1.54) is 0 Å². The number of hydrogen-bond acceptors (Lipinski definition) is 3. The van der Waals surface area contributed by atoms with Crippen molar-refractivity contribution >= 4 is 5.91 Å². The minimum atomic E-state index is -0.345. The number of likely N-dealkylation sites (N-methyl/N-ethyl adjacent to an activating group) is 1. The highest BCUT2D eigenvalue weighted by molar-refractivity contribution is 5.92. The highest BCUT2D eigenvalue weighted by atomic mass is 16.2. The summed E-state index contributed by atoms with van der Waals surface area (Å²) in [6.07, 6.45) is 1.55. The van der Waals surface area contributed by atoms with Crippen molar-refractivity contribution in [1.29, 1.82) is 0 Å². The van der Waals surface area contributed by atoms with E-state index in [4.69, 9.17) is 5.73 Å². The Morgan fingerprint density at radius 1 is 1.71 bits per heavy atom. The molecular weight excluding hydrogens is 180 g/mol. The van der Waals surface area contributed by atoms with Crippen molar-refractivity contribution in [1.82, 2.24) is 15.1 Å². The summed E-state index contributed by atoms with van der Waals surface area (Å²) in [5.41, 5.74) is 5.71. The maximum Gasteiger partial charge on any atom is 0.272 e. The molecule has 1 aromatic heterocycles. The molecule has 1 heterocycles. The number of carbonyl (C=O) groups is 1. The predicted octanol–water partition coefficient (Wildman–Crippen LogP) is 0.219. The first-order valence-corrected chi connectivity index (χ1v) is 4.46. The molecule has 0 bridgehead atoms. The van der Waals surface area contributed by atoms with Crippen LogP contribution in [0.15, 0.2) is 12.3 Å². The molecule has 14 heavy (non-hydrogen) atoms. The maximum absolute atomic E-state index is 11.8. The molecule has 0 aliphatic rings. The normalized spacial score (nSPS) is 11.4. The minimum absolute atomic E-state index is 0.0991. The molecule has 0 fully saturated rings. The molecule has 5 heteroatoms. The largest absolute Gasteiger partial charge is 0.334 e.